The summed E-state index contributed by atoms with van der Waals surface area (Å²) in [5, 5.41) is 0. The van der Waals surface area contributed by atoms with Gasteiger partial charge in [-0.3, -0.25) is 0 Å². The predicted molar refractivity (Wildman–Crippen MR) is 32.3 cm³/mol. The van der Waals surface area contributed by atoms with E-state index in [0.717, 1.165) is 0 Å². The third-order valence-electron chi connectivity index (χ3n) is 1.09. The van der Waals surface area contributed by atoms with E-state index in [4.69, 9.17) is 11.5 Å². The molecule has 0 aromatic rings. The number of hydrogen-bond donors (Lipinski definition) is 2. The average Bonchev–Trinajstić information content (AvgIpc) is 1.63. The minimum atomic E-state index is -2.36. The Morgan fingerprint density at radius 3 is 2.11 bits per heavy atom. The van der Waals surface area contributed by atoms with Gasteiger partial charge in [0, 0.05) is 18.5 Å². The second-order valence-electron chi connectivity index (χ2n) is 2.45. The molecule has 0 aromatic heterocycles. The molecule has 0 heterocycles. The van der Waals surface area contributed by atoms with Crippen LogP contribution in [0.5, 0.6) is 0 Å². The van der Waals surface area contributed by atoms with E-state index in [-0.39, 0.29) is 13.0 Å². The van der Waals surface area contributed by atoms with Crippen molar-refractivity contribution in [2.24, 2.45) is 11.5 Å². The number of hydrogen-bond acceptors (Lipinski definition) is 2. The Balaban J connectivity index is 3.58. The standard InChI is InChI=1S/C5H12F2N2/c1-5(9,3-8)2-4(6)7/h4H,2-3,8-9H2,1H3. The summed E-state index contributed by atoms with van der Waals surface area (Å²) in [4.78, 5) is 0. The van der Waals surface area contributed by atoms with Crippen LogP contribution >= 0.6 is 0 Å². The van der Waals surface area contributed by atoms with E-state index in [0.29, 0.717) is 0 Å². The Morgan fingerprint density at radius 1 is 1.56 bits per heavy atom. The van der Waals surface area contributed by atoms with Crippen molar-refractivity contribution in [3.8, 4) is 0 Å². The first-order valence-corrected chi connectivity index (χ1v) is 2.75. The predicted octanol–water partition coefficient (Wildman–Crippen LogP) is 0.318. The molecule has 4 heteroatoms. The summed E-state index contributed by atoms with van der Waals surface area (Å²) in [6, 6.07) is 0. The molecule has 9 heavy (non-hydrogen) atoms. The molecule has 1 unspecified atom stereocenters. The minimum absolute atomic E-state index is 0.0946. The summed E-state index contributed by atoms with van der Waals surface area (Å²) in [6.45, 7) is 1.61. The maximum atomic E-state index is 11.6. The van der Waals surface area contributed by atoms with Crippen molar-refractivity contribution in [3.05, 3.63) is 0 Å². The van der Waals surface area contributed by atoms with Gasteiger partial charge in [-0.1, -0.05) is 0 Å². The van der Waals surface area contributed by atoms with Crippen LogP contribution in [0.15, 0.2) is 0 Å². The maximum absolute atomic E-state index is 11.6. The van der Waals surface area contributed by atoms with E-state index in [2.05, 4.69) is 0 Å². The molecule has 0 saturated heterocycles. The third kappa shape index (κ3) is 4.29. The largest absolute Gasteiger partial charge is 0.329 e. The molecule has 0 aliphatic carbocycles. The molecule has 1 atom stereocenters. The lowest BCUT2D eigenvalue weighted by Crippen LogP contribution is -2.45. The van der Waals surface area contributed by atoms with Crippen LogP contribution in [0, 0.1) is 0 Å². The van der Waals surface area contributed by atoms with Crippen molar-refractivity contribution in [2.45, 2.75) is 25.3 Å². The lowest BCUT2D eigenvalue weighted by molar-refractivity contribution is 0.111. The van der Waals surface area contributed by atoms with E-state index in [1.54, 1.807) is 0 Å². The molecule has 0 aliphatic heterocycles. The molecule has 0 saturated carbocycles. The van der Waals surface area contributed by atoms with Crippen LogP contribution in [0.4, 0.5) is 8.78 Å². The first-order valence-electron chi connectivity index (χ1n) is 2.75. The summed E-state index contributed by atoms with van der Waals surface area (Å²) in [5.74, 6) is 0. The molecule has 56 valence electrons. The minimum Gasteiger partial charge on any atom is -0.329 e. The maximum Gasteiger partial charge on any atom is 0.240 e. The van der Waals surface area contributed by atoms with Crippen molar-refractivity contribution in [1.82, 2.24) is 0 Å². The molecule has 0 aliphatic rings. The molecule has 0 rings (SSSR count). The third-order valence-corrected chi connectivity index (χ3v) is 1.09. The average molecular weight is 138 g/mol. The molecule has 0 amide bonds. The highest BCUT2D eigenvalue weighted by atomic mass is 19.3. The highest BCUT2D eigenvalue weighted by Crippen LogP contribution is 2.10. The second kappa shape index (κ2) is 3.08. The summed E-state index contributed by atoms with van der Waals surface area (Å²) < 4.78 is 23.2. The zero-order chi connectivity index (χ0) is 7.49. The van der Waals surface area contributed by atoms with Crippen molar-refractivity contribution in [3.63, 3.8) is 0 Å². The summed E-state index contributed by atoms with van der Waals surface area (Å²) in [6.07, 6.45) is -2.69. The molecule has 0 aromatic carbocycles. The molecular weight excluding hydrogens is 126 g/mol. The number of rotatable bonds is 3. The van der Waals surface area contributed by atoms with Crippen molar-refractivity contribution < 1.29 is 8.78 Å². The van der Waals surface area contributed by atoms with Gasteiger partial charge in [-0.25, -0.2) is 8.78 Å². The summed E-state index contributed by atoms with van der Waals surface area (Å²) in [5.41, 5.74) is 9.50. The SMILES string of the molecule is CC(N)(CN)CC(F)F. The van der Waals surface area contributed by atoms with E-state index < -0.39 is 12.0 Å². The zero-order valence-corrected chi connectivity index (χ0v) is 5.40. The number of alkyl halides is 2. The van der Waals surface area contributed by atoms with Gasteiger partial charge in [0.25, 0.3) is 0 Å². The quantitative estimate of drug-likeness (QED) is 0.590. The van der Waals surface area contributed by atoms with Gasteiger partial charge in [-0.15, -0.1) is 0 Å². The van der Waals surface area contributed by atoms with E-state index in [1.165, 1.54) is 6.92 Å². The normalized spacial score (nSPS) is 18.0. The van der Waals surface area contributed by atoms with Gasteiger partial charge in [0.1, 0.15) is 0 Å². The Hall–Kier alpha value is -0.220. The lowest BCUT2D eigenvalue weighted by atomic mass is 10.0. The monoisotopic (exact) mass is 138 g/mol. The van der Waals surface area contributed by atoms with Crippen molar-refractivity contribution in [1.29, 1.82) is 0 Å². The molecule has 0 fully saturated rings. The summed E-state index contributed by atoms with van der Waals surface area (Å²) in [7, 11) is 0. The van der Waals surface area contributed by atoms with Crippen LogP contribution < -0.4 is 11.5 Å². The van der Waals surface area contributed by atoms with Crippen molar-refractivity contribution in [2.75, 3.05) is 6.54 Å². The Morgan fingerprint density at radius 2 is 2.00 bits per heavy atom. The van der Waals surface area contributed by atoms with Crippen LogP contribution in [0.1, 0.15) is 13.3 Å². The fourth-order valence-corrected chi connectivity index (χ4v) is 0.436. The molecule has 2 nitrogen and oxygen atoms in total. The van der Waals surface area contributed by atoms with E-state index >= 15 is 0 Å². The first-order chi connectivity index (χ1) is 3.98. The van der Waals surface area contributed by atoms with Gasteiger partial charge < -0.3 is 11.5 Å². The van der Waals surface area contributed by atoms with Crippen LogP contribution in [0.3, 0.4) is 0 Å². The van der Waals surface area contributed by atoms with Gasteiger partial charge in [0.15, 0.2) is 0 Å². The highest BCUT2D eigenvalue weighted by Gasteiger charge is 2.21. The number of halogens is 2. The van der Waals surface area contributed by atoms with Crippen LogP contribution in [-0.4, -0.2) is 18.5 Å². The van der Waals surface area contributed by atoms with Gasteiger partial charge >= 0.3 is 0 Å². The van der Waals surface area contributed by atoms with Crippen molar-refractivity contribution >= 4 is 0 Å². The molecule has 0 spiro atoms. The van der Waals surface area contributed by atoms with E-state index in [1.807, 2.05) is 0 Å². The van der Waals surface area contributed by atoms with Crippen LogP contribution in [-0.2, 0) is 0 Å². The summed E-state index contributed by atoms with van der Waals surface area (Å²) >= 11 is 0. The highest BCUT2D eigenvalue weighted by molar-refractivity contribution is 4.79. The number of nitrogens with two attached hydrogens (primary N) is 2. The molecule has 4 N–H and O–H groups in total. The topological polar surface area (TPSA) is 52.0 Å². The zero-order valence-electron chi connectivity index (χ0n) is 5.40. The Kier molecular flexibility index (Phi) is 3.00. The smallest absolute Gasteiger partial charge is 0.240 e. The fraction of sp³-hybridized carbons (Fsp3) is 1.00. The molecule has 0 radical (unpaired) electrons. The van der Waals surface area contributed by atoms with Crippen LogP contribution in [0.25, 0.3) is 0 Å². The fourth-order valence-electron chi connectivity index (χ4n) is 0.436. The Bertz CT molecular complexity index is 83.0. The van der Waals surface area contributed by atoms with Gasteiger partial charge in [-0.2, -0.15) is 0 Å². The Labute approximate surface area is 53.2 Å². The van der Waals surface area contributed by atoms with Gasteiger partial charge in [0.05, 0.1) is 0 Å². The van der Waals surface area contributed by atoms with Gasteiger partial charge in [-0.05, 0) is 6.92 Å². The molecular formula is C5H12F2N2. The first kappa shape index (κ1) is 8.78. The van der Waals surface area contributed by atoms with Crippen LogP contribution in [0.2, 0.25) is 0 Å². The lowest BCUT2D eigenvalue weighted by Gasteiger charge is -2.20. The molecule has 0 bridgehead atoms. The van der Waals surface area contributed by atoms with Gasteiger partial charge in [0.2, 0.25) is 6.43 Å². The second-order valence-corrected chi connectivity index (χ2v) is 2.45. The van der Waals surface area contributed by atoms with E-state index in [9.17, 15) is 8.78 Å².